The van der Waals surface area contributed by atoms with E-state index in [1.807, 2.05) is 0 Å². The predicted molar refractivity (Wildman–Crippen MR) is 109 cm³/mol. The lowest BCUT2D eigenvalue weighted by atomic mass is 10.2. The normalized spacial score (nSPS) is 10.9. The second-order valence-electron chi connectivity index (χ2n) is 5.94. The van der Waals surface area contributed by atoms with Gasteiger partial charge in [0, 0.05) is 11.8 Å². The van der Waals surface area contributed by atoms with Gasteiger partial charge in [0.15, 0.2) is 11.5 Å². The van der Waals surface area contributed by atoms with Crippen LogP contribution in [0.1, 0.15) is 10.4 Å². The highest BCUT2D eigenvalue weighted by atomic mass is 32.1. The molecule has 2 aromatic heterocycles. The van der Waals surface area contributed by atoms with Crippen molar-refractivity contribution in [3.63, 3.8) is 0 Å². The second-order valence-corrected chi connectivity index (χ2v) is 6.90. The van der Waals surface area contributed by atoms with Gasteiger partial charge in [0.05, 0.1) is 37.8 Å². The summed E-state index contributed by atoms with van der Waals surface area (Å²) in [6, 6.07) is 10.0. The van der Waals surface area contributed by atoms with Gasteiger partial charge < -0.3 is 19.5 Å². The Morgan fingerprint density at radius 1 is 1.10 bits per heavy atom. The van der Waals surface area contributed by atoms with Crippen molar-refractivity contribution in [2.75, 3.05) is 26.6 Å². The van der Waals surface area contributed by atoms with Crippen LogP contribution in [0.2, 0.25) is 0 Å². The summed E-state index contributed by atoms with van der Waals surface area (Å²) in [5, 5.41) is 8.22. The van der Waals surface area contributed by atoms with Crippen LogP contribution in [0.4, 0.5) is 10.8 Å². The van der Waals surface area contributed by atoms with Crippen LogP contribution in [0.3, 0.4) is 0 Å². The van der Waals surface area contributed by atoms with Crippen molar-refractivity contribution in [2.24, 2.45) is 0 Å². The van der Waals surface area contributed by atoms with Gasteiger partial charge in [-0.3, -0.25) is 4.79 Å². The van der Waals surface area contributed by atoms with Crippen molar-refractivity contribution in [1.82, 2.24) is 14.6 Å². The third-order valence-electron chi connectivity index (χ3n) is 4.24. The SMILES string of the molecule is COC(=O)c1cccc(Nc2nn3c(=O)c4cc(OC)c(OC)cc4nc3s2)c1. The minimum Gasteiger partial charge on any atom is -0.493 e. The summed E-state index contributed by atoms with van der Waals surface area (Å²) in [6.45, 7) is 0. The van der Waals surface area contributed by atoms with Gasteiger partial charge in [-0.15, -0.1) is 5.10 Å². The highest BCUT2D eigenvalue weighted by Crippen LogP contribution is 2.31. The number of hydrogen-bond donors (Lipinski definition) is 1. The number of nitrogens with one attached hydrogen (secondary N) is 1. The molecule has 0 saturated heterocycles. The minimum atomic E-state index is -0.440. The van der Waals surface area contributed by atoms with E-state index in [1.165, 1.54) is 37.2 Å². The van der Waals surface area contributed by atoms with E-state index in [-0.39, 0.29) is 5.56 Å². The van der Waals surface area contributed by atoms with Crippen LogP contribution in [0.15, 0.2) is 41.2 Å². The number of aromatic nitrogens is 3. The summed E-state index contributed by atoms with van der Waals surface area (Å²) in [7, 11) is 4.34. The monoisotopic (exact) mass is 412 g/mol. The molecule has 0 radical (unpaired) electrons. The number of anilines is 2. The molecule has 4 rings (SSSR count). The fourth-order valence-electron chi connectivity index (χ4n) is 2.85. The van der Waals surface area contributed by atoms with Crippen LogP contribution in [0.5, 0.6) is 11.5 Å². The van der Waals surface area contributed by atoms with Crippen LogP contribution in [0, 0.1) is 0 Å². The van der Waals surface area contributed by atoms with E-state index >= 15 is 0 Å². The molecular formula is C19H16N4O5S. The molecule has 0 saturated carbocycles. The molecular weight excluding hydrogens is 396 g/mol. The molecule has 4 aromatic rings. The molecule has 0 fully saturated rings. The molecule has 2 heterocycles. The lowest BCUT2D eigenvalue weighted by Crippen LogP contribution is -2.15. The van der Waals surface area contributed by atoms with E-state index in [4.69, 9.17) is 14.2 Å². The van der Waals surface area contributed by atoms with Crippen LogP contribution < -0.4 is 20.3 Å². The summed E-state index contributed by atoms with van der Waals surface area (Å²) in [5.74, 6) is 0.482. The maximum Gasteiger partial charge on any atom is 0.337 e. The number of methoxy groups -OCH3 is 3. The first-order valence-corrected chi connectivity index (χ1v) is 9.26. The van der Waals surface area contributed by atoms with Gasteiger partial charge in [-0.1, -0.05) is 17.4 Å². The molecule has 148 valence electrons. The van der Waals surface area contributed by atoms with E-state index in [0.717, 1.165) is 0 Å². The van der Waals surface area contributed by atoms with Gasteiger partial charge in [-0.25, -0.2) is 9.78 Å². The number of esters is 1. The zero-order chi connectivity index (χ0) is 20.5. The Bertz CT molecular complexity index is 1300. The number of fused-ring (bicyclic) bond motifs is 2. The van der Waals surface area contributed by atoms with Gasteiger partial charge >= 0.3 is 5.97 Å². The molecule has 0 spiro atoms. The van der Waals surface area contributed by atoms with Crippen molar-refractivity contribution in [3.05, 3.63) is 52.3 Å². The Morgan fingerprint density at radius 2 is 1.86 bits per heavy atom. The smallest absolute Gasteiger partial charge is 0.337 e. The van der Waals surface area contributed by atoms with Gasteiger partial charge in [0.1, 0.15) is 0 Å². The first-order chi connectivity index (χ1) is 14.0. The molecule has 0 aliphatic carbocycles. The molecule has 1 N–H and O–H groups in total. The lowest BCUT2D eigenvalue weighted by molar-refractivity contribution is 0.0601. The topological polar surface area (TPSA) is 104 Å². The summed E-state index contributed by atoms with van der Waals surface area (Å²) < 4.78 is 16.5. The number of rotatable bonds is 5. The van der Waals surface area contributed by atoms with Crippen molar-refractivity contribution < 1.29 is 19.0 Å². The van der Waals surface area contributed by atoms with Crippen LogP contribution >= 0.6 is 11.3 Å². The van der Waals surface area contributed by atoms with Crippen LogP contribution in [0.25, 0.3) is 15.9 Å². The van der Waals surface area contributed by atoms with Crippen molar-refractivity contribution >= 4 is 44.0 Å². The largest absolute Gasteiger partial charge is 0.493 e. The van der Waals surface area contributed by atoms with E-state index in [9.17, 15) is 9.59 Å². The fourth-order valence-corrected chi connectivity index (χ4v) is 3.67. The Labute approximate surface area is 168 Å². The zero-order valence-corrected chi connectivity index (χ0v) is 16.6. The van der Waals surface area contributed by atoms with Crippen molar-refractivity contribution in [3.8, 4) is 11.5 Å². The number of hydrogen-bond acceptors (Lipinski definition) is 9. The van der Waals surface area contributed by atoms with E-state index in [2.05, 4.69) is 15.4 Å². The number of carbonyl (C=O) groups is 1. The molecule has 0 unspecified atom stereocenters. The highest BCUT2D eigenvalue weighted by molar-refractivity contribution is 7.20. The van der Waals surface area contributed by atoms with Crippen LogP contribution in [-0.2, 0) is 4.74 Å². The van der Waals surface area contributed by atoms with E-state index < -0.39 is 5.97 Å². The lowest BCUT2D eigenvalue weighted by Gasteiger charge is -2.08. The number of benzene rings is 2. The van der Waals surface area contributed by atoms with Gasteiger partial charge in [0.2, 0.25) is 10.1 Å². The third kappa shape index (κ3) is 3.34. The molecule has 29 heavy (non-hydrogen) atoms. The van der Waals surface area contributed by atoms with Crippen molar-refractivity contribution in [1.29, 1.82) is 0 Å². The first kappa shape index (κ1) is 18.7. The molecule has 0 aliphatic rings. The van der Waals surface area contributed by atoms with E-state index in [1.54, 1.807) is 36.4 Å². The molecule has 10 heteroatoms. The molecule has 9 nitrogen and oxygen atoms in total. The average Bonchev–Trinajstić information content (AvgIpc) is 3.15. The van der Waals surface area contributed by atoms with E-state index in [0.29, 0.717) is 43.7 Å². The summed E-state index contributed by atoms with van der Waals surface area (Å²) in [5.41, 5.74) is 1.20. The van der Waals surface area contributed by atoms with Gasteiger partial charge in [-0.2, -0.15) is 4.52 Å². The first-order valence-electron chi connectivity index (χ1n) is 8.45. The van der Waals surface area contributed by atoms with Crippen molar-refractivity contribution in [2.45, 2.75) is 0 Å². The maximum absolute atomic E-state index is 12.9. The Morgan fingerprint density at radius 3 is 2.59 bits per heavy atom. The maximum atomic E-state index is 12.9. The molecule has 0 amide bonds. The van der Waals surface area contributed by atoms with Gasteiger partial charge in [0.25, 0.3) is 5.56 Å². The molecule has 2 aromatic carbocycles. The summed E-state index contributed by atoms with van der Waals surface area (Å²) in [4.78, 5) is 29.5. The number of carbonyl (C=O) groups excluding carboxylic acids is 1. The van der Waals surface area contributed by atoms with Crippen LogP contribution in [-0.4, -0.2) is 41.9 Å². The average molecular weight is 412 g/mol. The van der Waals surface area contributed by atoms with Gasteiger partial charge in [-0.05, 0) is 24.3 Å². The Kier molecular flexibility index (Phi) is 4.77. The Balaban J connectivity index is 1.78. The second kappa shape index (κ2) is 7.40. The summed E-state index contributed by atoms with van der Waals surface area (Å²) in [6.07, 6.45) is 0. The predicted octanol–water partition coefficient (Wildman–Crippen LogP) is 2.85. The number of nitrogens with zero attached hydrogens (tertiary/aromatic N) is 3. The summed E-state index contributed by atoms with van der Waals surface area (Å²) >= 11 is 1.21. The molecule has 0 bridgehead atoms. The number of ether oxygens (including phenoxy) is 3. The fraction of sp³-hybridized carbons (Fsp3) is 0.158. The quantitative estimate of drug-likeness (QED) is 0.499. The molecule has 0 atom stereocenters. The standard InChI is InChI=1S/C19H16N4O5S/c1-26-14-8-12-13(9-15(14)27-2)21-19-23(16(12)24)22-18(29-19)20-11-6-4-5-10(7-11)17(25)28-3/h4-9H,1-3H3,(H,20,22). The highest BCUT2D eigenvalue weighted by Gasteiger charge is 2.15. The zero-order valence-electron chi connectivity index (χ0n) is 15.8. The minimum absolute atomic E-state index is 0.321. The molecule has 0 aliphatic heterocycles. The Hall–Kier alpha value is -3.66. The third-order valence-corrected chi connectivity index (χ3v) is 5.06.